The van der Waals surface area contributed by atoms with Crippen molar-refractivity contribution in [2.45, 2.75) is 16.9 Å². The third kappa shape index (κ3) is 4.20. The van der Waals surface area contributed by atoms with E-state index in [1.54, 1.807) is 12.1 Å². The van der Waals surface area contributed by atoms with Gasteiger partial charge >= 0.3 is 0 Å². The number of carbonyl (C=O) groups is 1. The second-order valence-corrected chi connectivity index (χ2v) is 8.86. The van der Waals surface area contributed by atoms with Gasteiger partial charge in [0.25, 0.3) is 5.91 Å². The van der Waals surface area contributed by atoms with Gasteiger partial charge in [0.2, 0.25) is 0 Å². The Morgan fingerprint density at radius 1 is 1.14 bits per heavy atom. The third-order valence-corrected chi connectivity index (χ3v) is 7.02. The number of benzene rings is 1. The van der Waals surface area contributed by atoms with Crippen LogP contribution in [0.25, 0.3) is 0 Å². The molecule has 2 aromatic heterocycles. The molecule has 0 bridgehead atoms. The number of amides is 1. The maximum absolute atomic E-state index is 13.8. The topological polar surface area (TPSA) is 89.0 Å². The number of halogens is 3. The molecule has 0 spiro atoms. The smallest absolute Gasteiger partial charge is 0.276 e. The van der Waals surface area contributed by atoms with E-state index in [4.69, 9.17) is 0 Å². The summed E-state index contributed by atoms with van der Waals surface area (Å²) in [4.78, 5) is 20.0. The van der Waals surface area contributed by atoms with Crippen LogP contribution >= 0.6 is 11.3 Å². The molecule has 1 amide bonds. The maximum Gasteiger partial charge on any atom is 0.276 e. The molecule has 0 saturated heterocycles. The number of aromatic nitrogens is 2. The van der Waals surface area contributed by atoms with Crippen molar-refractivity contribution in [1.29, 1.82) is 0 Å². The van der Waals surface area contributed by atoms with Crippen LogP contribution in [0.2, 0.25) is 0 Å². The number of carbonyl (C=O) groups excluding carboxylic acids is 1. The number of pyridine rings is 1. The Morgan fingerprint density at radius 3 is 2.54 bits per heavy atom. The summed E-state index contributed by atoms with van der Waals surface area (Å²) in [5.41, 5.74) is -0.307. The van der Waals surface area contributed by atoms with E-state index in [0.29, 0.717) is 17.4 Å². The molecule has 6 nitrogen and oxygen atoms in total. The van der Waals surface area contributed by atoms with Crippen LogP contribution in [0.15, 0.2) is 40.7 Å². The van der Waals surface area contributed by atoms with E-state index in [1.165, 1.54) is 19.2 Å². The molecular formula is C17H12F3N3O3S2. The Balaban J connectivity index is 1.85. The lowest BCUT2D eigenvalue weighted by molar-refractivity contribution is 0.102. The molecule has 0 atom stereocenters. The first-order valence-electron chi connectivity index (χ1n) is 7.73. The monoisotopic (exact) mass is 427 g/mol. The van der Waals surface area contributed by atoms with Gasteiger partial charge in [0.1, 0.15) is 15.7 Å². The van der Waals surface area contributed by atoms with E-state index in [-0.39, 0.29) is 26.8 Å². The highest BCUT2D eigenvalue weighted by Gasteiger charge is 2.25. The second-order valence-electron chi connectivity index (χ2n) is 5.68. The van der Waals surface area contributed by atoms with Crippen molar-refractivity contribution in [1.82, 2.24) is 9.97 Å². The fourth-order valence-electron chi connectivity index (χ4n) is 2.33. The quantitative estimate of drug-likeness (QED) is 0.630. The van der Waals surface area contributed by atoms with Crippen molar-refractivity contribution in [3.8, 4) is 0 Å². The number of nitrogens with one attached hydrogen (secondary N) is 1. The lowest BCUT2D eigenvalue weighted by Crippen LogP contribution is -2.13. The van der Waals surface area contributed by atoms with Crippen LogP contribution < -0.4 is 5.32 Å². The van der Waals surface area contributed by atoms with Crippen LogP contribution in [-0.2, 0) is 15.6 Å². The average Bonchev–Trinajstić information content (AvgIpc) is 3.01. The fraction of sp³-hybridized carbons (Fsp3) is 0.118. The van der Waals surface area contributed by atoms with Gasteiger partial charge in [-0.1, -0.05) is 17.4 Å². The van der Waals surface area contributed by atoms with Crippen molar-refractivity contribution in [2.75, 3.05) is 5.32 Å². The predicted octanol–water partition coefficient (Wildman–Crippen LogP) is 3.49. The van der Waals surface area contributed by atoms with E-state index >= 15 is 0 Å². The number of sulfone groups is 1. The minimum atomic E-state index is -4.12. The van der Waals surface area contributed by atoms with Crippen LogP contribution in [0, 0.1) is 24.4 Å². The molecule has 146 valence electrons. The highest BCUT2D eigenvalue weighted by molar-refractivity contribution is 7.92. The van der Waals surface area contributed by atoms with Crippen molar-refractivity contribution in [3.05, 3.63) is 70.9 Å². The summed E-state index contributed by atoms with van der Waals surface area (Å²) in [6.07, 6.45) is 1.42. The SMILES string of the molecule is Cc1nc(NC(=O)c2ccccn2)sc1S(=O)(=O)Cc1cc(F)c(F)cc1F. The standard InChI is InChI=1S/C17H12F3N3O3S2/c1-9-16(27-17(22-9)23-15(24)14-4-2-3-5-21-14)28(25,26)8-10-6-12(19)13(20)7-11(10)18/h2-7H,8H2,1H3,(H,22,23,24). The lowest BCUT2D eigenvalue weighted by Gasteiger charge is -2.05. The van der Waals surface area contributed by atoms with Gasteiger partial charge in [0.15, 0.2) is 26.6 Å². The Kier molecular flexibility index (Phi) is 5.47. The number of aryl methyl sites for hydroxylation is 1. The van der Waals surface area contributed by atoms with Crippen molar-refractivity contribution in [3.63, 3.8) is 0 Å². The zero-order valence-electron chi connectivity index (χ0n) is 14.2. The molecular weight excluding hydrogens is 415 g/mol. The third-order valence-electron chi connectivity index (χ3n) is 3.59. The number of anilines is 1. The number of hydrogen-bond donors (Lipinski definition) is 1. The molecule has 0 unspecified atom stereocenters. The molecule has 0 radical (unpaired) electrons. The Bertz CT molecular complexity index is 1150. The first-order valence-corrected chi connectivity index (χ1v) is 10.2. The van der Waals surface area contributed by atoms with Gasteiger partial charge in [-0.15, -0.1) is 0 Å². The first-order chi connectivity index (χ1) is 13.2. The molecule has 0 aliphatic carbocycles. The molecule has 28 heavy (non-hydrogen) atoms. The number of rotatable bonds is 5. The average molecular weight is 427 g/mol. The molecule has 0 fully saturated rings. The van der Waals surface area contributed by atoms with E-state index < -0.39 is 44.5 Å². The van der Waals surface area contributed by atoms with Crippen LogP contribution in [0.1, 0.15) is 21.7 Å². The van der Waals surface area contributed by atoms with Gasteiger partial charge < -0.3 is 0 Å². The first kappa shape index (κ1) is 20.0. The number of thiazole rings is 1. The van der Waals surface area contributed by atoms with Gasteiger partial charge in [-0.05, 0) is 25.1 Å². The summed E-state index contributed by atoms with van der Waals surface area (Å²) in [7, 11) is -4.12. The van der Waals surface area contributed by atoms with Gasteiger partial charge in [0, 0.05) is 17.8 Å². The van der Waals surface area contributed by atoms with E-state index in [9.17, 15) is 26.4 Å². The Hall–Kier alpha value is -2.79. The normalized spacial score (nSPS) is 11.4. The molecule has 1 N–H and O–H groups in total. The molecule has 0 saturated carbocycles. The molecule has 0 aliphatic heterocycles. The number of nitrogens with zero attached hydrogens (tertiary/aromatic N) is 2. The maximum atomic E-state index is 13.8. The Labute approximate surface area is 162 Å². The number of hydrogen-bond acceptors (Lipinski definition) is 6. The van der Waals surface area contributed by atoms with Crippen LogP contribution in [-0.4, -0.2) is 24.3 Å². The minimum absolute atomic E-state index is 0.0116. The van der Waals surface area contributed by atoms with Crippen molar-refractivity contribution < 1.29 is 26.4 Å². The van der Waals surface area contributed by atoms with Crippen LogP contribution in [0.5, 0.6) is 0 Å². The minimum Gasteiger partial charge on any atom is -0.296 e. The van der Waals surface area contributed by atoms with Crippen molar-refractivity contribution in [2.24, 2.45) is 0 Å². The molecule has 11 heteroatoms. The highest BCUT2D eigenvalue weighted by Crippen LogP contribution is 2.30. The van der Waals surface area contributed by atoms with Crippen LogP contribution in [0.3, 0.4) is 0 Å². The summed E-state index contributed by atoms with van der Waals surface area (Å²) in [6, 6.07) is 5.51. The largest absolute Gasteiger partial charge is 0.296 e. The van der Waals surface area contributed by atoms with E-state index in [2.05, 4.69) is 15.3 Å². The second kappa shape index (κ2) is 7.68. The van der Waals surface area contributed by atoms with Gasteiger partial charge in [-0.2, -0.15) is 0 Å². The van der Waals surface area contributed by atoms with Gasteiger partial charge in [-0.25, -0.2) is 26.6 Å². The predicted molar refractivity (Wildman–Crippen MR) is 96.2 cm³/mol. The molecule has 2 heterocycles. The summed E-state index contributed by atoms with van der Waals surface area (Å²) < 4.78 is 65.1. The molecule has 0 aliphatic rings. The zero-order chi connectivity index (χ0) is 20.5. The van der Waals surface area contributed by atoms with E-state index in [0.717, 1.165) is 0 Å². The summed E-state index contributed by atoms with van der Waals surface area (Å²) in [6.45, 7) is 1.40. The molecule has 1 aromatic carbocycles. The van der Waals surface area contributed by atoms with Crippen molar-refractivity contribution >= 4 is 32.2 Å². The van der Waals surface area contributed by atoms with Crippen LogP contribution in [0.4, 0.5) is 18.3 Å². The Morgan fingerprint density at radius 2 is 1.86 bits per heavy atom. The zero-order valence-corrected chi connectivity index (χ0v) is 15.9. The van der Waals surface area contributed by atoms with Gasteiger partial charge in [-0.3, -0.25) is 15.1 Å². The molecule has 3 aromatic rings. The molecule has 3 rings (SSSR count). The summed E-state index contributed by atoms with van der Waals surface area (Å²) in [5, 5.41) is 2.45. The van der Waals surface area contributed by atoms with Gasteiger partial charge in [0.05, 0.1) is 11.4 Å². The van der Waals surface area contributed by atoms with E-state index in [1.807, 2.05) is 0 Å². The fourth-order valence-corrected chi connectivity index (χ4v) is 5.20. The lowest BCUT2D eigenvalue weighted by atomic mass is 10.2. The highest BCUT2D eigenvalue weighted by atomic mass is 32.2. The summed E-state index contributed by atoms with van der Waals surface area (Å²) >= 11 is 0.673. The summed E-state index contributed by atoms with van der Waals surface area (Å²) in [5.74, 6) is -5.39.